The van der Waals surface area contributed by atoms with E-state index in [0.717, 1.165) is 25.3 Å². The summed E-state index contributed by atoms with van der Waals surface area (Å²) in [6, 6.07) is 9.22. The molecule has 0 radical (unpaired) electrons. The minimum atomic E-state index is 0.715. The summed E-state index contributed by atoms with van der Waals surface area (Å²) in [5.74, 6) is 1.04. The van der Waals surface area contributed by atoms with E-state index in [0.29, 0.717) is 6.04 Å². The molecule has 0 aliphatic heterocycles. The maximum Gasteiger partial charge on any atom is 0.109 e. The Balaban J connectivity index is 1.63. The summed E-state index contributed by atoms with van der Waals surface area (Å²) < 4.78 is 7.89. The van der Waals surface area contributed by atoms with Gasteiger partial charge >= 0.3 is 0 Å². The van der Waals surface area contributed by atoms with Crippen LogP contribution in [-0.2, 0) is 19.5 Å². The van der Waals surface area contributed by atoms with E-state index >= 15 is 0 Å². The molecule has 1 fully saturated rings. The molecular weight excluding hydrogens is 260 g/mol. The van der Waals surface area contributed by atoms with Gasteiger partial charge in [0, 0.05) is 36.9 Å². The van der Waals surface area contributed by atoms with E-state index in [9.17, 15) is 0 Å². The number of aromatic nitrogens is 1. The van der Waals surface area contributed by atoms with Crippen molar-refractivity contribution >= 4 is 0 Å². The van der Waals surface area contributed by atoms with Crippen LogP contribution in [0.25, 0.3) is 0 Å². The Morgan fingerprint density at radius 1 is 1.14 bits per heavy atom. The molecule has 3 rings (SSSR count). The van der Waals surface area contributed by atoms with Crippen LogP contribution in [-0.4, -0.2) is 10.6 Å². The van der Waals surface area contributed by atoms with Crippen molar-refractivity contribution in [3.63, 3.8) is 0 Å². The van der Waals surface area contributed by atoms with Crippen LogP contribution in [0.2, 0.25) is 0 Å². The quantitative estimate of drug-likeness (QED) is 0.866. The van der Waals surface area contributed by atoms with Crippen LogP contribution < -0.4 is 5.32 Å². The van der Waals surface area contributed by atoms with E-state index < -0.39 is 0 Å². The molecule has 2 aromatic rings. The smallest absolute Gasteiger partial charge is 0.109 e. The first-order valence-corrected chi connectivity index (χ1v) is 8.30. The lowest BCUT2D eigenvalue weighted by molar-refractivity contribution is 0.368. The lowest BCUT2D eigenvalue weighted by Gasteiger charge is -2.23. The Bertz CT molecular complexity index is 536. The molecule has 1 aliphatic carbocycles. The SMILES string of the molecule is CCn1c(CNC2CCCCC2)ccc1Cc1ccco1. The van der Waals surface area contributed by atoms with Gasteiger partial charge in [-0.3, -0.25) is 0 Å². The number of furan rings is 1. The number of rotatable bonds is 6. The first-order valence-electron chi connectivity index (χ1n) is 8.30. The van der Waals surface area contributed by atoms with E-state index in [1.807, 2.05) is 12.1 Å². The standard InChI is InChI=1S/C18H26N2O/c1-2-20-16(13-18-9-6-12-21-18)10-11-17(20)14-19-15-7-4-3-5-8-15/h6,9-12,15,19H,2-5,7-8,13-14H2,1H3. The topological polar surface area (TPSA) is 30.1 Å². The first kappa shape index (κ1) is 14.5. The Morgan fingerprint density at radius 3 is 2.67 bits per heavy atom. The summed E-state index contributed by atoms with van der Waals surface area (Å²) in [5.41, 5.74) is 2.73. The predicted molar refractivity (Wildman–Crippen MR) is 85.3 cm³/mol. The van der Waals surface area contributed by atoms with Crippen molar-refractivity contribution in [1.29, 1.82) is 0 Å². The molecule has 1 saturated carbocycles. The molecule has 1 N–H and O–H groups in total. The van der Waals surface area contributed by atoms with Gasteiger partial charge in [-0.2, -0.15) is 0 Å². The zero-order valence-electron chi connectivity index (χ0n) is 13.0. The van der Waals surface area contributed by atoms with Crippen LogP contribution in [0.1, 0.15) is 56.2 Å². The molecule has 114 valence electrons. The Labute approximate surface area is 127 Å². The third kappa shape index (κ3) is 3.59. The van der Waals surface area contributed by atoms with Gasteiger partial charge in [-0.05, 0) is 44.0 Å². The summed E-state index contributed by atoms with van der Waals surface area (Å²) in [5, 5.41) is 3.74. The monoisotopic (exact) mass is 286 g/mol. The molecule has 3 nitrogen and oxygen atoms in total. The zero-order chi connectivity index (χ0) is 14.5. The minimum Gasteiger partial charge on any atom is -0.469 e. The highest BCUT2D eigenvalue weighted by molar-refractivity contribution is 5.21. The van der Waals surface area contributed by atoms with Gasteiger partial charge in [-0.25, -0.2) is 0 Å². The second kappa shape index (κ2) is 6.99. The first-order chi connectivity index (χ1) is 10.4. The van der Waals surface area contributed by atoms with Gasteiger partial charge in [-0.15, -0.1) is 0 Å². The number of hydrogen-bond donors (Lipinski definition) is 1. The van der Waals surface area contributed by atoms with E-state index in [1.54, 1.807) is 6.26 Å². The van der Waals surface area contributed by atoms with Crippen molar-refractivity contribution < 1.29 is 4.42 Å². The lowest BCUT2D eigenvalue weighted by atomic mass is 9.95. The van der Waals surface area contributed by atoms with Crippen molar-refractivity contribution in [3.05, 3.63) is 47.7 Å². The molecule has 2 aromatic heterocycles. The number of nitrogens with zero attached hydrogens (tertiary/aromatic N) is 1. The maximum atomic E-state index is 5.47. The largest absolute Gasteiger partial charge is 0.469 e. The highest BCUT2D eigenvalue weighted by atomic mass is 16.3. The average Bonchev–Trinajstić information content (AvgIpc) is 3.16. The summed E-state index contributed by atoms with van der Waals surface area (Å²) >= 11 is 0. The zero-order valence-corrected chi connectivity index (χ0v) is 13.0. The molecule has 0 unspecified atom stereocenters. The van der Waals surface area contributed by atoms with Gasteiger partial charge in [0.2, 0.25) is 0 Å². The summed E-state index contributed by atoms with van der Waals surface area (Å²) in [7, 11) is 0. The molecule has 21 heavy (non-hydrogen) atoms. The summed E-state index contributed by atoms with van der Waals surface area (Å²) in [6.07, 6.45) is 9.49. The highest BCUT2D eigenvalue weighted by Crippen LogP contribution is 2.19. The fourth-order valence-corrected chi connectivity index (χ4v) is 3.42. The second-order valence-electron chi connectivity index (χ2n) is 6.03. The Hall–Kier alpha value is -1.48. The molecule has 0 aromatic carbocycles. The van der Waals surface area contributed by atoms with Crippen LogP contribution in [0.3, 0.4) is 0 Å². The van der Waals surface area contributed by atoms with Gasteiger partial charge in [-0.1, -0.05) is 19.3 Å². The molecule has 0 atom stereocenters. The average molecular weight is 286 g/mol. The van der Waals surface area contributed by atoms with Gasteiger partial charge in [0.1, 0.15) is 5.76 Å². The third-order valence-corrected chi connectivity index (χ3v) is 4.59. The fraction of sp³-hybridized carbons (Fsp3) is 0.556. The Kier molecular flexibility index (Phi) is 4.81. The van der Waals surface area contributed by atoms with Crippen molar-refractivity contribution in [2.75, 3.05) is 0 Å². The molecule has 2 heterocycles. The van der Waals surface area contributed by atoms with Crippen LogP contribution >= 0.6 is 0 Å². The fourth-order valence-electron chi connectivity index (χ4n) is 3.42. The molecular formula is C18H26N2O. The summed E-state index contributed by atoms with van der Waals surface area (Å²) in [4.78, 5) is 0. The van der Waals surface area contributed by atoms with Crippen molar-refractivity contribution in [1.82, 2.24) is 9.88 Å². The van der Waals surface area contributed by atoms with E-state index in [-0.39, 0.29) is 0 Å². The van der Waals surface area contributed by atoms with Crippen molar-refractivity contribution in [3.8, 4) is 0 Å². The molecule has 0 spiro atoms. The van der Waals surface area contributed by atoms with E-state index in [4.69, 9.17) is 4.42 Å². The number of hydrogen-bond acceptors (Lipinski definition) is 2. The van der Waals surface area contributed by atoms with E-state index in [2.05, 4.69) is 28.9 Å². The number of nitrogens with one attached hydrogen (secondary N) is 1. The normalized spacial score (nSPS) is 16.4. The van der Waals surface area contributed by atoms with Crippen LogP contribution in [0, 0.1) is 0 Å². The van der Waals surface area contributed by atoms with Crippen molar-refractivity contribution in [2.45, 2.75) is 64.6 Å². The van der Waals surface area contributed by atoms with E-state index in [1.165, 1.54) is 43.5 Å². The van der Waals surface area contributed by atoms with Crippen LogP contribution in [0.5, 0.6) is 0 Å². The van der Waals surface area contributed by atoms with Gasteiger partial charge in [0.25, 0.3) is 0 Å². The van der Waals surface area contributed by atoms with Crippen LogP contribution in [0.15, 0.2) is 34.9 Å². The van der Waals surface area contributed by atoms with Crippen LogP contribution in [0.4, 0.5) is 0 Å². The Morgan fingerprint density at radius 2 is 1.95 bits per heavy atom. The molecule has 0 amide bonds. The molecule has 0 saturated heterocycles. The minimum absolute atomic E-state index is 0.715. The van der Waals surface area contributed by atoms with Gasteiger partial charge < -0.3 is 14.3 Å². The highest BCUT2D eigenvalue weighted by Gasteiger charge is 2.14. The molecule has 3 heteroatoms. The van der Waals surface area contributed by atoms with Crippen molar-refractivity contribution in [2.24, 2.45) is 0 Å². The molecule has 1 aliphatic rings. The maximum absolute atomic E-state index is 5.47. The second-order valence-corrected chi connectivity index (χ2v) is 6.03. The summed E-state index contributed by atoms with van der Waals surface area (Å²) in [6.45, 7) is 4.22. The third-order valence-electron chi connectivity index (χ3n) is 4.59. The van der Waals surface area contributed by atoms with Gasteiger partial charge in [0.15, 0.2) is 0 Å². The van der Waals surface area contributed by atoms with Gasteiger partial charge in [0.05, 0.1) is 6.26 Å². The predicted octanol–water partition coefficient (Wildman–Crippen LogP) is 4.11. The molecule has 0 bridgehead atoms. The lowest BCUT2D eigenvalue weighted by Crippen LogP contribution is -2.31.